The van der Waals surface area contributed by atoms with Crippen LogP contribution in [0, 0.1) is 0 Å². The molecule has 1 aromatic heterocycles. The van der Waals surface area contributed by atoms with Crippen LogP contribution in [0.5, 0.6) is 5.75 Å². The summed E-state index contributed by atoms with van der Waals surface area (Å²) in [6.07, 6.45) is -2.54. The van der Waals surface area contributed by atoms with Gasteiger partial charge in [0.1, 0.15) is 5.75 Å². The molecule has 1 N–H and O–H groups in total. The van der Waals surface area contributed by atoms with Crippen LogP contribution in [0.15, 0.2) is 53.7 Å². The molecule has 0 aliphatic carbocycles. The second kappa shape index (κ2) is 11.2. The summed E-state index contributed by atoms with van der Waals surface area (Å²) < 4.78 is 45.9. The van der Waals surface area contributed by atoms with Crippen molar-refractivity contribution in [1.82, 2.24) is 20.1 Å². The molecule has 0 atom stereocenters. The van der Waals surface area contributed by atoms with Gasteiger partial charge in [-0.05, 0) is 42.3 Å². The summed E-state index contributed by atoms with van der Waals surface area (Å²) in [6.45, 7) is 2.90. The van der Waals surface area contributed by atoms with Crippen molar-refractivity contribution >= 4 is 17.7 Å². The van der Waals surface area contributed by atoms with Gasteiger partial charge in [-0.2, -0.15) is 13.2 Å². The van der Waals surface area contributed by atoms with E-state index in [0.29, 0.717) is 40.2 Å². The highest BCUT2D eigenvalue weighted by Gasteiger charge is 2.30. The number of rotatable bonds is 10. The van der Waals surface area contributed by atoms with Gasteiger partial charge in [-0.3, -0.25) is 4.79 Å². The Kier molecular flexibility index (Phi) is 8.37. The van der Waals surface area contributed by atoms with Gasteiger partial charge in [0, 0.05) is 17.9 Å². The summed E-state index contributed by atoms with van der Waals surface area (Å²) in [4.78, 5) is 12.5. The van der Waals surface area contributed by atoms with Crippen molar-refractivity contribution in [3.8, 4) is 5.75 Å². The summed E-state index contributed by atoms with van der Waals surface area (Å²) in [5.41, 5.74) is 0.374. The molecular weight excluding hydrogens is 453 g/mol. The summed E-state index contributed by atoms with van der Waals surface area (Å²) in [7, 11) is 1.56. The molecule has 0 fully saturated rings. The van der Waals surface area contributed by atoms with Crippen LogP contribution in [0.3, 0.4) is 0 Å². The van der Waals surface area contributed by atoms with Crippen molar-refractivity contribution in [2.45, 2.75) is 49.9 Å². The second-order valence-corrected chi connectivity index (χ2v) is 8.24. The minimum Gasteiger partial charge on any atom is -0.497 e. The third-order valence-corrected chi connectivity index (χ3v) is 5.95. The van der Waals surface area contributed by atoms with Crippen molar-refractivity contribution in [1.29, 1.82) is 0 Å². The maximum atomic E-state index is 13.0. The number of ether oxygens (including phenoxy) is 1. The van der Waals surface area contributed by atoms with Crippen molar-refractivity contribution < 1.29 is 22.7 Å². The number of carbonyl (C=O) groups excluding carboxylic acids is 1. The predicted molar refractivity (Wildman–Crippen MR) is 120 cm³/mol. The van der Waals surface area contributed by atoms with Gasteiger partial charge in [-0.15, -0.1) is 10.2 Å². The van der Waals surface area contributed by atoms with E-state index in [-0.39, 0.29) is 12.5 Å². The molecule has 0 unspecified atom stereocenters. The van der Waals surface area contributed by atoms with Crippen LogP contribution in [0.25, 0.3) is 0 Å². The minimum atomic E-state index is -4.38. The average Bonchev–Trinajstić information content (AvgIpc) is 3.21. The Bertz CT molecular complexity index is 1070. The van der Waals surface area contributed by atoms with E-state index in [1.54, 1.807) is 37.4 Å². The molecule has 1 amide bonds. The highest BCUT2D eigenvalue weighted by molar-refractivity contribution is 7.98. The smallest absolute Gasteiger partial charge is 0.416 e. The van der Waals surface area contributed by atoms with E-state index in [0.717, 1.165) is 25.0 Å². The predicted octanol–water partition coefficient (Wildman–Crippen LogP) is 5.33. The number of methoxy groups -OCH3 is 1. The second-order valence-electron chi connectivity index (χ2n) is 7.30. The number of hydrogen-bond donors (Lipinski definition) is 1. The number of unbranched alkanes of at least 4 members (excludes halogenated alkanes) is 1. The minimum absolute atomic E-state index is 0.186. The van der Waals surface area contributed by atoms with Gasteiger partial charge in [0.05, 0.1) is 19.2 Å². The Morgan fingerprint density at radius 3 is 2.58 bits per heavy atom. The number of aromatic nitrogens is 3. The zero-order valence-electron chi connectivity index (χ0n) is 18.4. The zero-order valence-corrected chi connectivity index (χ0v) is 19.2. The summed E-state index contributed by atoms with van der Waals surface area (Å²) in [5.74, 6) is 1.33. The Morgan fingerprint density at radius 2 is 1.91 bits per heavy atom. The molecule has 10 heteroatoms. The number of thioether (sulfide) groups is 1. The molecule has 0 aliphatic rings. The SMILES string of the molecule is CCCCn1c(CNC(=O)c2ccc(OC)cc2)nnc1SCc1cccc(C(F)(F)F)c1. The molecule has 2 aromatic carbocycles. The van der Waals surface area contributed by atoms with Gasteiger partial charge in [0.25, 0.3) is 5.91 Å². The number of hydrogen-bond acceptors (Lipinski definition) is 5. The molecule has 0 bridgehead atoms. The van der Waals surface area contributed by atoms with Gasteiger partial charge in [-0.25, -0.2) is 0 Å². The van der Waals surface area contributed by atoms with Crippen molar-refractivity contribution in [2.24, 2.45) is 0 Å². The van der Waals surface area contributed by atoms with Crippen LogP contribution in [0.2, 0.25) is 0 Å². The molecule has 0 radical (unpaired) electrons. The number of carbonyl (C=O) groups is 1. The monoisotopic (exact) mass is 478 g/mol. The number of halogens is 3. The van der Waals surface area contributed by atoms with E-state index in [9.17, 15) is 18.0 Å². The molecule has 3 rings (SSSR count). The topological polar surface area (TPSA) is 69.0 Å². The van der Waals surface area contributed by atoms with Crippen LogP contribution < -0.4 is 10.1 Å². The molecule has 0 spiro atoms. The third kappa shape index (κ3) is 6.74. The largest absolute Gasteiger partial charge is 0.497 e. The standard InChI is InChI=1S/C23H25F3N4O2S/c1-3-4-12-30-20(14-27-21(31)17-8-10-19(32-2)11-9-17)28-29-22(30)33-15-16-6-5-7-18(13-16)23(24,25)26/h5-11,13H,3-4,12,14-15H2,1-2H3,(H,27,31). The van der Waals surface area contributed by atoms with Gasteiger partial charge < -0.3 is 14.6 Å². The Morgan fingerprint density at radius 1 is 1.15 bits per heavy atom. The van der Waals surface area contributed by atoms with Gasteiger partial charge in [0.15, 0.2) is 11.0 Å². The fourth-order valence-electron chi connectivity index (χ4n) is 3.09. The van der Waals surface area contributed by atoms with Gasteiger partial charge in [0.2, 0.25) is 0 Å². The summed E-state index contributed by atoms with van der Waals surface area (Å²) >= 11 is 1.32. The first-order valence-electron chi connectivity index (χ1n) is 10.4. The highest BCUT2D eigenvalue weighted by Crippen LogP contribution is 2.31. The Hall–Kier alpha value is -3.01. The summed E-state index contributed by atoms with van der Waals surface area (Å²) in [6, 6.07) is 12.0. The van der Waals surface area contributed by atoms with E-state index in [4.69, 9.17) is 4.74 Å². The lowest BCUT2D eigenvalue weighted by molar-refractivity contribution is -0.137. The van der Waals surface area contributed by atoms with Crippen LogP contribution in [-0.2, 0) is 25.0 Å². The van der Waals surface area contributed by atoms with E-state index in [2.05, 4.69) is 22.4 Å². The summed E-state index contributed by atoms with van der Waals surface area (Å²) in [5, 5.41) is 11.9. The third-order valence-electron chi connectivity index (χ3n) is 4.91. The van der Waals surface area contributed by atoms with E-state index >= 15 is 0 Å². The van der Waals surface area contributed by atoms with Crippen LogP contribution in [-0.4, -0.2) is 27.8 Å². The van der Waals surface area contributed by atoms with Crippen LogP contribution in [0.4, 0.5) is 13.2 Å². The lowest BCUT2D eigenvalue weighted by Crippen LogP contribution is -2.25. The number of benzene rings is 2. The highest BCUT2D eigenvalue weighted by atomic mass is 32.2. The van der Waals surface area contributed by atoms with Crippen LogP contribution >= 0.6 is 11.8 Å². The Labute approximate surface area is 194 Å². The average molecular weight is 479 g/mol. The van der Waals surface area contributed by atoms with E-state index in [1.165, 1.54) is 17.8 Å². The van der Waals surface area contributed by atoms with Crippen molar-refractivity contribution in [3.05, 3.63) is 71.0 Å². The number of nitrogens with one attached hydrogen (secondary N) is 1. The normalized spacial score (nSPS) is 11.4. The fraction of sp³-hybridized carbons (Fsp3) is 0.348. The molecular formula is C23H25F3N4O2S. The molecule has 33 heavy (non-hydrogen) atoms. The first kappa shape index (κ1) is 24.6. The maximum Gasteiger partial charge on any atom is 0.416 e. The molecule has 176 valence electrons. The lowest BCUT2D eigenvalue weighted by atomic mass is 10.1. The van der Waals surface area contributed by atoms with E-state index in [1.807, 2.05) is 4.57 Å². The van der Waals surface area contributed by atoms with Crippen molar-refractivity contribution in [2.75, 3.05) is 7.11 Å². The quantitative estimate of drug-likeness (QED) is 0.399. The Balaban J connectivity index is 1.68. The van der Waals surface area contributed by atoms with Crippen LogP contribution in [0.1, 0.15) is 47.1 Å². The number of amides is 1. The molecule has 0 saturated carbocycles. The first-order chi connectivity index (χ1) is 15.8. The zero-order chi connectivity index (χ0) is 23.8. The number of nitrogens with zero attached hydrogens (tertiary/aromatic N) is 3. The molecule has 1 heterocycles. The molecule has 6 nitrogen and oxygen atoms in total. The van der Waals surface area contributed by atoms with Gasteiger partial charge >= 0.3 is 6.18 Å². The maximum absolute atomic E-state index is 13.0. The molecule has 0 aliphatic heterocycles. The van der Waals surface area contributed by atoms with Gasteiger partial charge in [-0.1, -0.05) is 43.3 Å². The van der Waals surface area contributed by atoms with Crippen molar-refractivity contribution in [3.63, 3.8) is 0 Å². The van der Waals surface area contributed by atoms with E-state index < -0.39 is 11.7 Å². The lowest BCUT2D eigenvalue weighted by Gasteiger charge is -2.11. The number of alkyl halides is 3. The molecule has 0 saturated heterocycles. The fourth-order valence-corrected chi connectivity index (χ4v) is 4.01. The first-order valence-corrected chi connectivity index (χ1v) is 11.4. The molecule has 3 aromatic rings.